The SMILES string of the molecule is CC[C@H]1OC(=O)[C@H](C)C(=O)[C@H](C)[C@@H](O[C@@H]2O[C@H](C)C[C@H](N(C)C)[C@H]2O)[C@@]2(C)C[C@@H](C)C3=NC(=O)C(Cc4sccc4-c4ccccn4)O/N=C(\CO[C@@H]([C@@H]3C)[C@]1(C)O)CO2. The van der Waals surface area contributed by atoms with Crippen LogP contribution in [-0.4, -0.2) is 137 Å². The summed E-state index contributed by atoms with van der Waals surface area (Å²) in [5.41, 5.74) is -0.948. The number of Topliss-reactive ketones (excluding diaryl/α,β-unsaturated/α-hetero) is 1. The number of ketones is 1. The van der Waals surface area contributed by atoms with E-state index in [1.807, 2.05) is 76.3 Å². The summed E-state index contributed by atoms with van der Waals surface area (Å²) in [4.78, 5) is 61.2. The Kier molecular flexibility index (Phi) is 14.5. The fraction of sp³-hybridized carbons (Fsp3) is 0.682. The molecule has 0 aromatic carbocycles. The van der Waals surface area contributed by atoms with Crippen molar-refractivity contribution in [1.29, 1.82) is 0 Å². The van der Waals surface area contributed by atoms with Gasteiger partial charge in [-0.1, -0.05) is 38.9 Å². The highest BCUT2D eigenvalue weighted by molar-refractivity contribution is 7.10. The number of amides is 1. The van der Waals surface area contributed by atoms with E-state index in [1.54, 1.807) is 20.0 Å². The summed E-state index contributed by atoms with van der Waals surface area (Å²) in [6.45, 7) is 13.5. The molecule has 1 amide bonds. The van der Waals surface area contributed by atoms with Crippen LogP contribution in [0.5, 0.6) is 0 Å². The van der Waals surface area contributed by atoms with Crippen molar-refractivity contribution in [1.82, 2.24) is 9.88 Å². The Bertz CT molecular complexity index is 1900. The fourth-order valence-electron chi connectivity index (χ4n) is 9.35. The zero-order valence-corrected chi connectivity index (χ0v) is 37.2. The van der Waals surface area contributed by atoms with Gasteiger partial charge in [-0.25, -0.2) is 4.99 Å². The van der Waals surface area contributed by atoms with Gasteiger partial charge < -0.3 is 43.6 Å². The van der Waals surface area contributed by atoms with Gasteiger partial charge in [0.05, 0.1) is 42.8 Å². The highest BCUT2D eigenvalue weighted by Crippen LogP contribution is 2.40. The summed E-state index contributed by atoms with van der Waals surface area (Å²) in [6, 6.07) is 7.28. The minimum absolute atomic E-state index is 0.150. The summed E-state index contributed by atoms with van der Waals surface area (Å²) < 4.78 is 32.5. The van der Waals surface area contributed by atoms with Crippen LogP contribution in [0.3, 0.4) is 0 Å². The zero-order valence-electron chi connectivity index (χ0n) is 36.4. The normalized spacial score (nSPS) is 39.5. The predicted octanol–water partition coefficient (Wildman–Crippen LogP) is 4.65. The number of aliphatic hydroxyl groups is 2. The third-order valence-corrected chi connectivity index (χ3v) is 13.7. The molecule has 3 fully saturated rings. The maximum atomic E-state index is 14.6. The summed E-state index contributed by atoms with van der Waals surface area (Å²) >= 11 is 1.47. The molecular weight excluding hydrogens is 793 g/mol. The Balaban J connectivity index is 1.50. The van der Waals surface area contributed by atoms with Crippen molar-refractivity contribution in [3.63, 3.8) is 0 Å². The zero-order chi connectivity index (χ0) is 43.7. The number of aliphatic hydroxyl groups excluding tert-OH is 1. The molecule has 2 N–H and O–H groups in total. The van der Waals surface area contributed by atoms with Crippen molar-refractivity contribution in [3.8, 4) is 11.3 Å². The van der Waals surface area contributed by atoms with Crippen LogP contribution >= 0.6 is 11.3 Å². The number of oxime groups is 1. The first-order chi connectivity index (χ1) is 28.4. The molecule has 0 spiro atoms. The van der Waals surface area contributed by atoms with Gasteiger partial charge in [0, 0.05) is 46.6 Å². The number of ether oxygens (including phenoxy) is 5. The molecule has 0 aliphatic carbocycles. The number of fused-ring (bicyclic) bond motifs is 4. The van der Waals surface area contributed by atoms with Gasteiger partial charge in [0.1, 0.15) is 29.4 Å². The van der Waals surface area contributed by atoms with Crippen molar-refractivity contribution in [2.45, 2.75) is 141 Å². The largest absolute Gasteiger partial charge is 0.459 e. The molecule has 6 heterocycles. The number of rotatable bonds is 7. The van der Waals surface area contributed by atoms with E-state index in [4.69, 9.17) is 33.5 Å². The third kappa shape index (κ3) is 9.60. The quantitative estimate of drug-likeness (QED) is 0.290. The number of hydrogen-bond donors (Lipinski definition) is 2. The van der Waals surface area contributed by atoms with Crippen LogP contribution in [0, 0.1) is 23.7 Å². The van der Waals surface area contributed by atoms with E-state index in [1.165, 1.54) is 25.2 Å². The number of likely N-dealkylation sites (N-methyl/N-ethyl adjacent to an activating group) is 1. The Morgan fingerprint density at radius 2 is 1.78 bits per heavy atom. The molecule has 14 atom stereocenters. The molecule has 0 radical (unpaired) electrons. The van der Waals surface area contributed by atoms with Gasteiger partial charge in [-0.15, -0.1) is 11.3 Å². The molecule has 15 nitrogen and oxygen atoms in total. The van der Waals surface area contributed by atoms with Gasteiger partial charge in [0.15, 0.2) is 12.1 Å². The summed E-state index contributed by atoms with van der Waals surface area (Å²) in [5, 5.41) is 30.6. The maximum Gasteiger partial charge on any atom is 0.316 e. The molecule has 3 saturated heterocycles. The number of cyclic esters (lactones) is 1. The van der Waals surface area contributed by atoms with E-state index in [2.05, 4.69) is 10.1 Å². The van der Waals surface area contributed by atoms with Crippen molar-refractivity contribution >= 4 is 40.4 Å². The number of esters is 1. The van der Waals surface area contributed by atoms with E-state index < -0.39 is 89.3 Å². The predicted molar refractivity (Wildman–Crippen MR) is 224 cm³/mol. The number of aliphatic imine (C=N–C) groups is 1. The van der Waals surface area contributed by atoms with E-state index in [0.29, 0.717) is 12.1 Å². The second kappa shape index (κ2) is 18.9. The fourth-order valence-corrected chi connectivity index (χ4v) is 10.3. The Morgan fingerprint density at radius 3 is 2.47 bits per heavy atom. The summed E-state index contributed by atoms with van der Waals surface area (Å²) in [6.07, 6.45) is -4.26. The minimum atomic E-state index is -1.84. The smallest absolute Gasteiger partial charge is 0.316 e. The molecule has 60 heavy (non-hydrogen) atoms. The van der Waals surface area contributed by atoms with Crippen molar-refractivity contribution in [2.75, 3.05) is 27.3 Å². The average molecular weight is 855 g/mol. The van der Waals surface area contributed by atoms with Crippen LogP contribution in [0.2, 0.25) is 0 Å². The van der Waals surface area contributed by atoms with Gasteiger partial charge in [-0.3, -0.25) is 19.4 Å². The van der Waals surface area contributed by atoms with Gasteiger partial charge >= 0.3 is 5.97 Å². The highest BCUT2D eigenvalue weighted by atomic mass is 32.1. The van der Waals surface area contributed by atoms with E-state index >= 15 is 0 Å². The van der Waals surface area contributed by atoms with E-state index in [9.17, 15) is 24.6 Å². The van der Waals surface area contributed by atoms with Gasteiger partial charge in [-0.2, -0.15) is 0 Å². The highest BCUT2D eigenvalue weighted by Gasteiger charge is 2.53. The molecule has 4 aliphatic heterocycles. The number of hydrogen-bond acceptors (Lipinski definition) is 15. The first kappa shape index (κ1) is 46.0. The monoisotopic (exact) mass is 854 g/mol. The molecule has 330 valence electrons. The lowest BCUT2D eigenvalue weighted by molar-refractivity contribution is -0.296. The van der Waals surface area contributed by atoms with E-state index in [-0.39, 0.29) is 50.3 Å². The number of nitrogens with zero attached hydrogens (tertiary/aromatic N) is 4. The topological polar surface area (TPSA) is 188 Å². The first-order valence-electron chi connectivity index (χ1n) is 21.0. The van der Waals surface area contributed by atoms with Crippen LogP contribution in [-0.2, 0) is 49.3 Å². The van der Waals surface area contributed by atoms with Crippen LogP contribution < -0.4 is 0 Å². The molecule has 4 bridgehead atoms. The van der Waals surface area contributed by atoms with Crippen molar-refractivity contribution in [2.24, 2.45) is 33.8 Å². The molecule has 1 unspecified atom stereocenters. The molecule has 16 heteroatoms. The lowest BCUT2D eigenvalue weighted by Gasteiger charge is -2.47. The van der Waals surface area contributed by atoms with Crippen LogP contribution in [0.4, 0.5) is 0 Å². The number of carbonyl (C=O) groups is 3. The lowest BCUT2D eigenvalue weighted by Crippen LogP contribution is -2.60. The number of thiophene rings is 1. The van der Waals surface area contributed by atoms with E-state index in [0.717, 1.165) is 16.1 Å². The lowest BCUT2D eigenvalue weighted by atomic mass is 9.73. The number of aromatic nitrogens is 1. The van der Waals surface area contributed by atoms with Crippen LogP contribution in [0.25, 0.3) is 11.3 Å². The molecule has 0 saturated carbocycles. The Morgan fingerprint density at radius 1 is 1.03 bits per heavy atom. The number of carbonyl (C=O) groups excluding carboxylic acids is 3. The van der Waals surface area contributed by atoms with Crippen molar-refractivity contribution in [3.05, 3.63) is 40.7 Å². The summed E-state index contributed by atoms with van der Waals surface area (Å²) in [7, 11) is 3.74. The maximum absolute atomic E-state index is 14.6. The van der Waals surface area contributed by atoms with Crippen LogP contribution in [0.1, 0.15) is 79.5 Å². The average Bonchev–Trinajstić information content (AvgIpc) is 3.67. The number of pyridine rings is 1. The molecule has 2 aromatic rings. The second-order valence-electron chi connectivity index (χ2n) is 17.6. The molecular formula is C44H62N4O11S. The standard InChI is InChI=1S/C44H62N4O11S/c1-11-34-44(8,53)39-25(4)35-23(2)20-43(7,38(26(5)36(49)27(6)41(52)57-34)58-42-37(50)31(48(9)10)18-24(3)56-42)55-22-28(21-54-39)47-59-32(40(51)46-35)19-33-29(15-17-60-33)30-14-12-13-16-45-30/h12-17,23-27,31-32,34,37-39,42,50,53H,11,18-22H2,1-10H3/b46-35?,47-28+/t23-,24-,25-,26+,27-,31+,32?,34-,37-,38-,39+,42+,43-,44-/m1/s1. The second-order valence-corrected chi connectivity index (χ2v) is 18.6. The molecule has 6 rings (SSSR count). The molecule has 2 aromatic heterocycles. The Labute approximate surface area is 356 Å². The third-order valence-electron chi connectivity index (χ3n) is 12.7. The Hall–Kier alpha value is -3.48. The molecule has 4 aliphatic rings. The van der Waals surface area contributed by atoms with Gasteiger partial charge in [0.25, 0.3) is 5.91 Å². The summed E-state index contributed by atoms with van der Waals surface area (Å²) in [5.74, 6) is -5.44. The van der Waals surface area contributed by atoms with Gasteiger partial charge in [0.2, 0.25) is 6.10 Å². The van der Waals surface area contributed by atoms with Gasteiger partial charge in [-0.05, 0) is 90.5 Å². The first-order valence-corrected chi connectivity index (χ1v) is 21.9. The minimum Gasteiger partial charge on any atom is -0.459 e. The van der Waals surface area contributed by atoms with Crippen molar-refractivity contribution < 1.29 is 53.1 Å². The van der Waals surface area contributed by atoms with Crippen LogP contribution in [0.15, 0.2) is 46.0 Å².